The molecular formula is C12H24OW. The van der Waals surface area contributed by atoms with E-state index in [-0.39, 0.29) is 21.1 Å². The van der Waals surface area contributed by atoms with Gasteiger partial charge in [0.15, 0.2) is 0 Å². The largest absolute Gasteiger partial charge is 2.00 e. The summed E-state index contributed by atoms with van der Waals surface area (Å²) in [5.41, 5.74) is 0.431. The number of rotatable bonds is 3. The first kappa shape index (κ1) is 19.9. The second-order valence-electron chi connectivity index (χ2n) is 4.31. The van der Waals surface area contributed by atoms with E-state index in [1.807, 2.05) is 6.92 Å². The Labute approximate surface area is 104 Å². The minimum absolute atomic E-state index is 0. The molecule has 0 amide bonds. The Kier molecular flexibility index (Phi) is 16.2. The van der Waals surface area contributed by atoms with Gasteiger partial charge in [-0.1, -0.05) is 33.1 Å². The molecule has 0 N–H and O–H groups in total. The molecule has 0 fully saturated rings. The molecule has 0 atom stereocenters. The molecule has 0 rings (SSSR count). The Balaban J connectivity index is -0.000000163. The molecule has 0 aliphatic carbocycles. The molecule has 0 spiro atoms. The van der Waals surface area contributed by atoms with Crippen molar-refractivity contribution in [1.29, 1.82) is 0 Å². The van der Waals surface area contributed by atoms with Crippen LogP contribution in [0.5, 0.6) is 0 Å². The van der Waals surface area contributed by atoms with Crippen molar-refractivity contribution in [3.05, 3.63) is 13.8 Å². The second kappa shape index (κ2) is 11.4. The summed E-state index contributed by atoms with van der Waals surface area (Å²) in [5, 5.41) is 0. The Morgan fingerprint density at radius 2 is 1.57 bits per heavy atom. The van der Waals surface area contributed by atoms with Crippen LogP contribution in [0.3, 0.4) is 0 Å². The zero-order valence-corrected chi connectivity index (χ0v) is 13.0. The molecule has 2 heteroatoms. The van der Waals surface area contributed by atoms with E-state index >= 15 is 0 Å². The van der Waals surface area contributed by atoms with Gasteiger partial charge < -0.3 is 13.8 Å². The number of carbonyl (C=O) groups excluding carboxylic acids is 1. The third-order valence-electron chi connectivity index (χ3n) is 1.60. The molecular weight excluding hydrogens is 344 g/mol. The van der Waals surface area contributed by atoms with Crippen molar-refractivity contribution >= 4 is 5.78 Å². The van der Waals surface area contributed by atoms with E-state index in [2.05, 4.69) is 34.6 Å². The first-order chi connectivity index (χ1) is 5.87. The number of hydrogen-bond donors (Lipinski definition) is 0. The van der Waals surface area contributed by atoms with Crippen LogP contribution < -0.4 is 0 Å². The standard InChI is InChI=1S/C6H11O.C6H13.W/c1-3-5-6(7)4-2;1-5-6(2,3)4;/h1,3-5H2,2H3;1,5H2,2-4H3;/q2*-1;+2. The maximum Gasteiger partial charge on any atom is 2.00 e. The van der Waals surface area contributed by atoms with Crippen LogP contribution in [-0.2, 0) is 25.9 Å². The Hall–Kier alpha value is 0.358. The monoisotopic (exact) mass is 368 g/mol. The summed E-state index contributed by atoms with van der Waals surface area (Å²) < 4.78 is 0. The molecule has 0 aromatic rings. The van der Waals surface area contributed by atoms with Crippen molar-refractivity contribution in [3.8, 4) is 0 Å². The number of hydrogen-bond acceptors (Lipinski definition) is 1. The summed E-state index contributed by atoms with van der Waals surface area (Å²) in [6.45, 7) is 15.7. The van der Waals surface area contributed by atoms with Crippen LogP contribution >= 0.6 is 0 Å². The van der Waals surface area contributed by atoms with Gasteiger partial charge in [-0.2, -0.15) is 12.8 Å². The number of Topliss-reactive ketones (excluding diaryl/α,β-unsaturated/α-hetero) is 1. The normalized spacial score (nSPS) is 9.57. The van der Waals surface area contributed by atoms with Crippen LogP contribution in [0.25, 0.3) is 0 Å². The summed E-state index contributed by atoms with van der Waals surface area (Å²) in [6.07, 6.45) is 3.08. The zero-order valence-electron chi connectivity index (χ0n) is 10.1. The number of carbonyl (C=O) groups is 1. The molecule has 0 aliphatic rings. The van der Waals surface area contributed by atoms with Gasteiger partial charge in [0, 0.05) is 6.42 Å². The van der Waals surface area contributed by atoms with Gasteiger partial charge in [0.1, 0.15) is 5.78 Å². The molecule has 0 bridgehead atoms. The van der Waals surface area contributed by atoms with E-state index in [0.29, 0.717) is 24.0 Å². The third-order valence-corrected chi connectivity index (χ3v) is 1.60. The van der Waals surface area contributed by atoms with Gasteiger partial charge in [-0.25, -0.2) is 0 Å². The minimum atomic E-state index is 0. The maximum absolute atomic E-state index is 10.4. The average Bonchev–Trinajstić information content (AvgIpc) is 2.05. The fourth-order valence-electron chi connectivity index (χ4n) is 0.374. The average molecular weight is 368 g/mol. The van der Waals surface area contributed by atoms with E-state index in [0.717, 1.165) is 12.8 Å². The van der Waals surface area contributed by atoms with E-state index in [9.17, 15) is 4.79 Å². The third kappa shape index (κ3) is 22.8. The summed E-state index contributed by atoms with van der Waals surface area (Å²) >= 11 is 0. The quantitative estimate of drug-likeness (QED) is 0.692. The first-order valence-electron chi connectivity index (χ1n) is 4.97. The number of ketones is 1. The van der Waals surface area contributed by atoms with Crippen LogP contribution in [0.15, 0.2) is 0 Å². The van der Waals surface area contributed by atoms with E-state index < -0.39 is 0 Å². The summed E-state index contributed by atoms with van der Waals surface area (Å²) in [6, 6.07) is 0. The molecule has 0 aromatic heterocycles. The summed E-state index contributed by atoms with van der Waals surface area (Å²) in [7, 11) is 0. The fraction of sp³-hybridized carbons (Fsp3) is 0.750. The Bertz CT molecular complexity index is 125. The van der Waals surface area contributed by atoms with Crippen molar-refractivity contribution in [3.63, 3.8) is 0 Å². The van der Waals surface area contributed by atoms with E-state index in [1.165, 1.54) is 0 Å². The predicted molar refractivity (Wildman–Crippen MR) is 59.3 cm³/mol. The molecule has 0 unspecified atom stereocenters. The van der Waals surface area contributed by atoms with Crippen LogP contribution in [0.4, 0.5) is 0 Å². The smallest absolute Gasteiger partial charge is 0.343 e. The van der Waals surface area contributed by atoms with Crippen LogP contribution in [0.1, 0.15) is 53.4 Å². The molecule has 14 heavy (non-hydrogen) atoms. The summed E-state index contributed by atoms with van der Waals surface area (Å²) in [5.74, 6) is 0.315. The van der Waals surface area contributed by atoms with Crippen molar-refractivity contribution in [2.24, 2.45) is 5.41 Å². The molecule has 84 valence electrons. The Morgan fingerprint density at radius 3 is 1.64 bits per heavy atom. The maximum atomic E-state index is 10.4. The van der Waals surface area contributed by atoms with Gasteiger partial charge >= 0.3 is 21.1 Å². The molecule has 1 nitrogen and oxygen atoms in total. The molecule has 0 heterocycles. The van der Waals surface area contributed by atoms with E-state index in [4.69, 9.17) is 0 Å². The van der Waals surface area contributed by atoms with Gasteiger partial charge in [-0.3, -0.25) is 4.79 Å². The second-order valence-corrected chi connectivity index (χ2v) is 4.31. The van der Waals surface area contributed by atoms with Gasteiger partial charge in [0.2, 0.25) is 0 Å². The van der Waals surface area contributed by atoms with Crippen LogP contribution in [0.2, 0.25) is 0 Å². The first-order valence-corrected chi connectivity index (χ1v) is 4.97. The van der Waals surface area contributed by atoms with E-state index in [1.54, 1.807) is 0 Å². The zero-order chi connectivity index (χ0) is 10.9. The minimum Gasteiger partial charge on any atom is -0.343 e. The summed E-state index contributed by atoms with van der Waals surface area (Å²) in [4.78, 5) is 10.4. The predicted octanol–water partition coefficient (Wildman–Crippen LogP) is 3.83. The topological polar surface area (TPSA) is 17.1 Å². The Morgan fingerprint density at radius 1 is 1.21 bits per heavy atom. The van der Waals surface area contributed by atoms with Crippen LogP contribution in [-0.4, -0.2) is 5.78 Å². The fourth-order valence-corrected chi connectivity index (χ4v) is 0.374. The molecule has 0 radical (unpaired) electrons. The molecule has 0 aromatic carbocycles. The van der Waals surface area contributed by atoms with Gasteiger partial charge in [0.25, 0.3) is 0 Å². The molecule has 0 saturated heterocycles. The van der Waals surface area contributed by atoms with Crippen molar-refractivity contribution in [1.82, 2.24) is 0 Å². The molecule has 0 saturated carbocycles. The SMILES string of the molecule is [CH2-]CC(C)(C)C.[CH2-]CCC(=O)CC.[W+2]. The van der Waals surface area contributed by atoms with Gasteiger partial charge in [0.05, 0.1) is 0 Å². The van der Waals surface area contributed by atoms with Gasteiger partial charge in [-0.05, 0) is 6.42 Å². The molecule has 0 aliphatic heterocycles. The van der Waals surface area contributed by atoms with Crippen molar-refractivity contribution < 1.29 is 25.9 Å². The van der Waals surface area contributed by atoms with Crippen molar-refractivity contribution in [2.75, 3.05) is 0 Å². The van der Waals surface area contributed by atoms with Gasteiger partial charge in [-0.15, -0.1) is 0 Å². The van der Waals surface area contributed by atoms with Crippen LogP contribution in [0, 0.1) is 19.3 Å². The van der Waals surface area contributed by atoms with Crippen molar-refractivity contribution in [2.45, 2.75) is 53.4 Å².